The number of rotatable bonds is 5. The lowest BCUT2D eigenvalue weighted by Gasteiger charge is -2.25. The summed E-state index contributed by atoms with van der Waals surface area (Å²) in [6.45, 7) is 4.52. The van der Waals surface area contributed by atoms with Gasteiger partial charge >= 0.3 is 5.97 Å². The molecule has 1 fully saturated rings. The van der Waals surface area contributed by atoms with E-state index in [9.17, 15) is 9.59 Å². The topological polar surface area (TPSA) is 66.4 Å². The molecule has 0 aromatic heterocycles. The van der Waals surface area contributed by atoms with Crippen molar-refractivity contribution in [3.8, 4) is 0 Å². The second-order valence-electron chi connectivity index (χ2n) is 5.90. The third-order valence-corrected chi connectivity index (χ3v) is 4.03. The zero-order valence-electron chi connectivity index (χ0n) is 11.5. The molecule has 2 unspecified atom stereocenters. The number of hydrogen-bond acceptors (Lipinski definition) is 2. The molecule has 0 bridgehead atoms. The number of amides is 1. The van der Waals surface area contributed by atoms with Gasteiger partial charge in [0.2, 0.25) is 5.91 Å². The van der Waals surface area contributed by atoms with Crippen LogP contribution in [0.4, 0.5) is 0 Å². The first-order valence-electron chi connectivity index (χ1n) is 6.58. The first-order chi connectivity index (χ1) is 9.31. The Bertz CT molecular complexity index is 524. The average molecular weight is 296 g/mol. The lowest BCUT2D eigenvalue weighted by molar-refractivity contribution is -0.140. The third-order valence-electron chi connectivity index (χ3n) is 3.77. The van der Waals surface area contributed by atoms with Crippen molar-refractivity contribution in [2.45, 2.75) is 25.7 Å². The quantitative estimate of drug-likeness (QED) is 0.877. The fourth-order valence-corrected chi connectivity index (χ4v) is 2.33. The van der Waals surface area contributed by atoms with E-state index in [1.807, 2.05) is 38.1 Å². The number of carboxylic acids is 1. The summed E-state index contributed by atoms with van der Waals surface area (Å²) >= 11 is 5.86. The Morgan fingerprint density at radius 2 is 1.90 bits per heavy atom. The Balaban J connectivity index is 1.91. The van der Waals surface area contributed by atoms with Gasteiger partial charge in [0, 0.05) is 17.0 Å². The van der Waals surface area contributed by atoms with Crippen LogP contribution in [0.1, 0.15) is 25.8 Å². The Morgan fingerprint density at radius 1 is 1.30 bits per heavy atom. The Kier molecular flexibility index (Phi) is 4.04. The van der Waals surface area contributed by atoms with Crippen LogP contribution >= 0.6 is 11.6 Å². The van der Waals surface area contributed by atoms with Crippen LogP contribution in [0.25, 0.3) is 0 Å². The van der Waals surface area contributed by atoms with Gasteiger partial charge in [-0.1, -0.05) is 37.6 Å². The van der Waals surface area contributed by atoms with Gasteiger partial charge in [0.1, 0.15) is 0 Å². The van der Waals surface area contributed by atoms with E-state index in [-0.39, 0.29) is 17.2 Å². The summed E-state index contributed by atoms with van der Waals surface area (Å²) in [4.78, 5) is 22.6. The molecule has 1 aromatic carbocycles. The van der Waals surface area contributed by atoms with Crippen molar-refractivity contribution in [1.29, 1.82) is 0 Å². The molecule has 2 rings (SSSR count). The van der Waals surface area contributed by atoms with E-state index < -0.39 is 11.9 Å². The van der Waals surface area contributed by atoms with Gasteiger partial charge < -0.3 is 10.4 Å². The number of nitrogens with one attached hydrogen (secondary N) is 1. The highest BCUT2D eigenvalue weighted by Crippen LogP contribution is 2.38. The number of carbonyl (C=O) groups excluding carboxylic acids is 1. The van der Waals surface area contributed by atoms with E-state index in [4.69, 9.17) is 16.7 Å². The first kappa shape index (κ1) is 14.9. The maximum Gasteiger partial charge on any atom is 0.307 e. The summed E-state index contributed by atoms with van der Waals surface area (Å²) in [6.07, 6.45) is 0.447. The van der Waals surface area contributed by atoms with Gasteiger partial charge in [0.05, 0.1) is 11.8 Å². The van der Waals surface area contributed by atoms with Crippen molar-refractivity contribution in [2.75, 3.05) is 6.54 Å². The molecule has 0 heterocycles. The largest absolute Gasteiger partial charge is 0.481 e. The molecular formula is C15H18ClNO3. The molecular weight excluding hydrogens is 278 g/mol. The Hall–Kier alpha value is -1.55. The number of aliphatic carboxylic acids is 1. The molecule has 2 N–H and O–H groups in total. The second-order valence-corrected chi connectivity index (χ2v) is 6.33. The smallest absolute Gasteiger partial charge is 0.307 e. The third kappa shape index (κ3) is 3.31. The van der Waals surface area contributed by atoms with Crippen LogP contribution in [0.5, 0.6) is 0 Å². The van der Waals surface area contributed by atoms with Crippen molar-refractivity contribution in [1.82, 2.24) is 5.32 Å². The number of hydrogen-bond donors (Lipinski definition) is 2. The highest BCUT2D eigenvalue weighted by atomic mass is 35.5. The van der Waals surface area contributed by atoms with Crippen LogP contribution in [0, 0.1) is 11.8 Å². The summed E-state index contributed by atoms with van der Waals surface area (Å²) in [6, 6.07) is 7.51. The second kappa shape index (κ2) is 5.44. The van der Waals surface area contributed by atoms with Gasteiger partial charge in [-0.05, 0) is 24.1 Å². The van der Waals surface area contributed by atoms with E-state index in [0.717, 1.165) is 5.56 Å². The van der Waals surface area contributed by atoms with Crippen LogP contribution < -0.4 is 5.32 Å². The molecule has 1 aliphatic rings. The van der Waals surface area contributed by atoms with Crippen molar-refractivity contribution in [2.24, 2.45) is 11.8 Å². The predicted octanol–water partition coefficient (Wildman–Crippen LogP) is 2.45. The minimum atomic E-state index is -0.887. The molecule has 5 heteroatoms. The van der Waals surface area contributed by atoms with Gasteiger partial charge in [-0.15, -0.1) is 0 Å². The SMILES string of the molecule is CC(C)(CNC(=O)C1CC1C(=O)O)c1ccc(Cl)cc1. The van der Waals surface area contributed by atoms with Crippen LogP contribution in [-0.2, 0) is 15.0 Å². The van der Waals surface area contributed by atoms with Crippen LogP contribution in [0.2, 0.25) is 5.02 Å². The lowest BCUT2D eigenvalue weighted by Crippen LogP contribution is -2.37. The Morgan fingerprint density at radius 3 is 2.40 bits per heavy atom. The van der Waals surface area contributed by atoms with Crippen LogP contribution in [0.3, 0.4) is 0 Å². The molecule has 0 aliphatic heterocycles. The van der Waals surface area contributed by atoms with Crippen molar-refractivity contribution in [3.05, 3.63) is 34.9 Å². The van der Waals surface area contributed by atoms with Crippen molar-refractivity contribution < 1.29 is 14.7 Å². The van der Waals surface area contributed by atoms with Crippen LogP contribution in [-0.4, -0.2) is 23.5 Å². The van der Waals surface area contributed by atoms with E-state index in [2.05, 4.69) is 5.32 Å². The summed E-state index contributed by atoms with van der Waals surface area (Å²) in [5.74, 6) is -1.93. The monoisotopic (exact) mass is 295 g/mol. The van der Waals surface area contributed by atoms with Gasteiger partial charge in [-0.3, -0.25) is 9.59 Å². The van der Waals surface area contributed by atoms with Crippen LogP contribution in [0.15, 0.2) is 24.3 Å². The molecule has 2 atom stereocenters. The standard InChI is InChI=1S/C15H18ClNO3/c1-15(2,9-3-5-10(16)6-4-9)8-17-13(18)11-7-12(11)14(19)20/h3-6,11-12H,7-8H2,1-2H3,(H,17,18)(H,19,20). The van der Waals surface area contributed by atoms with E-state index in [1.54, 1.807) is 0 Å². The highest BCUT2D eigenvalue weighted by molar-refractivity contribution is 6.30. The minimum Gasteiger partial charge on any atom is -0.481 e. The lowest BCUT2D eigenvalue weighted by atomic mass is 9.84. The van der Waals surface area contributed by atoms with Gasteiger partial charge in [0.15, 0.2) is 0 Å². The molecule has 4 nitrogen and oxygen atoms in total. The van der Waals surface area contributed by atoms with Crippen molar-refractivity contribution >= 4 is 23.5 Å². The number of carboxylic acid groups (broad SMARTS) is 1. The maximum atomic E-state index is 11.9. The number of halogens is 1. The molecule has 0 radical (unpaired) electrons. The molecule has 1 saturated carbocycles. The summed E-state index contributed by atoms with van der Waals surface area (Å²) in [5.41, 5.74) is 0.848. The Labute approximate surface area is 123 Å². The number of benzene rings is 1. The summed E-state index contributed by atoms with van der Waals surface area (Å²) in [7, 11) is 0. The summed E-state index contributed by atoms with van der Waals surface area (Å²) < 4.78 is 0. The average Bonchev–Trinajstić information content (AvgIpc) is 3.17. The zero-order chi connectivity index (χ0) is 14.9. The van der Waals surface area contributed by atoms with Crippen molar-refractivity contribution in [3.63, 3.8) is 0 Å². The molecule has 1 amide bonds. The van der Waals surface area contributed by atoms with Gasteiger partial charge in [0.25, 0.3) is 0 Å². The van der Waals surface area contributed by atoms with E-state index in [1.165, 1.54) is 0 Å². The normalized spacial score (nSPS) is 21.4. The molecule has 0 spiro atoms. The molecule has 1 aromatic rings. The minimum absolute atomic E-state index is 0.167. The fourth-order valence-electron chi connectivity index (χ4n) is 2.20. The molecule has 0 saturated heterocycles. The van der Waals surface area contributed by atoms with Gasteiger partial charge in [-0.25, -0.2) is 0 Å². The van der Waals surface area contributed by atoms with E-state index in [0.29, 0.717) is 18.0 Å². The first-order valence-corrected chi connectivity index (χ1v) is 6.95. The van der Waals surface area contributed by atoms with E-state index >= 15 is 0 Å². The predicted molar refractivity (Wildman–Crippen MR) is 76.7 cm³/mol. The van der Waals surface area contributed by atoms with Gasteiger partial charge in [-0.2, -0.15) is 0 Å². The molecule has 20 heavy (non-hydrogen) atoms. The molecule has 1 aliphatic carbocycles. The highest BCUT2D eigenvalue weighted by Gasteiger charge is 2.48. The molecule has 108 valence electrons. The number of carbonyl (C=O) groups is 2. The maximum absolute atomic E-state index is 11.9. The zero-order valence-corrected chi connectivity index (χ0v) is 12.3. The fraction of sp³-hybridized carbons (Fsp3) is 0.467. The summed E-state index contributed by atoms with van der Waals surface area (Å²) in [5, 5.41) is 12.3.